The Labute approximate surface area is 132 Å². The van der Waals surface area contributed by atoms with E-state index in [1.165, 1.54) is 0 Å². The summed E-state index contributed by atoms with van der Waals surface area (Å²) >= 11 is 0. The normalized spacial score (nSPS) is 10.9. The first-order chi connectivity index (χ1) is 11.0. The minimum Gasteiger partial charge on any atom is -0.453 e. The number of H-pyrrole nitrogens is 1. The van der Waals surface area contributed by atoms with Crippen LogP contribution in [0.4, 0.5) is 0 Å². The lowest BCUT2D eigenvalue weighted by molar-refractivity contribution is 0.0451. The maximum Gasteiger partial charge on any atom is 0.355 e. The van der Waals surface area contributed by atoms with Gasteiger partial charge in [0.25, 0.3) is 5.56 Å². The number of aromatic amines is 1. The van der Waals surface area contributed by atoms with Gasteiger partial charge in [0.1, 0.15) is 18.1 Å². The molecule has 0 fully saturated rings. The molecule has 1 aromatic carbocycles. The first-order valence-electron chi connectivity index (χ1n) is 7.25. The molecular formula is C17H17N3O3. The van der Waals surface area contributed by atoms with Gasteiger partial charge in [0.15, 0.2) is 0 Å². The molecule has 2 aromatic heterocycles. The Morgan fingerprint density at radius 1 is 1.26 bits per heavy atom. The third-order valence-electron chi connectivity index (χ3n) is 3.91. The molecule has 23 heavy (non-hydrogen) atoms. The number of hydrogen-bond donors (Lipinski definition) is 1. The number of aryl methyl sites for hydroxylation is 2. The molecule has 0 aliphatic carbocycles. The van der Waals surface area contributed by atoms with Crippen molar-refractivity contribution in [2.45, 2.75) is 20.5 Å². The molecule has 0 radical (unpaired) electrons. The monoisotopic (exact) mass is 311 g/mol. The number of aromatic nitrogens is 3. The largest absolute Gasteiger partial charge is 0.453 e. The first kappa shape index (κ1) is 15.0. The third kappa shape index (κ3) is 2.75. The molecule has 0 amide bonds. The van der Waals surface area contributed by atoms with Gasteiger partial charge in [0, 0.05) is 12.7 Å². The number of fused-ring (bicyclic) bond motifs is 1. The van der Waals surface area contributed by atoms with Crippen LogP contribution in [0.5, 0.6) is 0 Å². The molecule has 3 rings (SSSR count). The summed E-state index contributed by atoms with van der Waals surface area (Å²) in [4.78, 5) is 31.2. The molecule has 1 N–H and O–H groups in total. The molecule has 6 heteroatoms. The third-order valence-corrected chi connectivity index (χ3v) is 3.91. The number of carbonyl (C=O) groups excluding carboxylic acids is 1. The van der Waals surface area contributed by atoms with Gasteiger partial charge in [0.05, 0.1) is 10.9 Å². The zero-order chi connectivity index (χ0) is 16.6. The molecule has 0 spiro atoms. The smallest absolute Gasteiger partial charge is 0.355 e. The fourth-order valence-corrected chi connectivity index (χ4v) is 2.45. The van der Waals surface area contributed by atoms with Gasteiger partial charge in [-0.1, -0.05) is 12.1 Å². The van der Waals surface area contributed by atoms with E-state index in [0.717, 1.165) is 11.3 Å². The van der Waals surface area contributed by atoms with E-state index in [0.29, 0.717) is 22.4 Å². The summed E-state index contributed by atoms with van der Waals surface area (Å²) in [6.07, 6.45) is 0. The quantitative estimate of drug-likeness (QED) is 0.753. The van der Waals surface area contributed by atoms with E-state index in [2.05, 4.69) is 9.97 Å². The first-order valence-corrected chi connectivity index (χ1v) is 7.25. The van der Waals surface area contributed by atoms with Crippen molar-refractivity contribution in [3.63, 3.8) is 0 Å². The Balaban J connectivity index is 1.85. The van der Waals surface area contributed by atoms with Gasteiger partial charge < -0.3 is 14.3 Å². The molecule has 0 aliphatic rings. The van der Waals surface area contributed by atoms with E-state index < -0.39 is 5.97 Å². The molecule has 3 aromatic rings. The summed E-state index contributed by atoms with van der Waals surface area (Å²) in [7, 11) is 1.80. The van der Waals surface area contributed by atoms with Crippen LogP contribution < -0.4 is 5.56 Å². The molecule has 0 saturated carbocycles. The SMILES string of the molecule is Cc1cccc2c(=O)[nH]c(COC(=O)c3ccc(C)n3C)nc12. The Kier molecular flexibility index (Phi) is 3.73. The topological polar surface area (TPSA) is 77.0 Å². The maximum absolute atomic E-state index is 12.1. The molecule has 0 unspecified atom stereocenters. The van der Waals surface area contributed by atoms with Crippen molar-refractivity contribution in [3.8, 4) is 0 Å². The highest BCUT2D eigenvalue weighted by molar-refractivity contribution is 5.88. The van der Waals surface area contributed by atoms with Crippen LogP contribution in [-0.4, -0.2) is 20.5 Å². The van der Waals surface area contributed by atoms with Gasteiger partial charge in [-0.3, -0.25) is 4.79 Å². The van der Waals surface area contributed by atoms with Crippen molar-refractivity contribution in [1.82, 2.24) is 14.5 Å². The van der Waals surface area contributed by atoms with Crippen molar-refractivity contribution >= 4 is 16.9 Å². The van der Waals surface area contributed by atoms with Crippen LogP contribution in [0.2, 0.25) is 0 Å². The van der Waals surface area contributed by atoms with E-state index in [4.69, 9.17) is 4.74 Å². The van der Waals surface area contributed by atoms with Crippen molar-refractivity contribution in [1.29, 1.82) is 0 Å². The minimum absolute atomic E-state index is 0.0808. The molecule has 0 atom stereocenters. The second-order valence-corrected chi connectivity index (χ2v) is 5.48. The van der Waals surface area contributed by atoms with Crippen LogP contribution >= 0.6 is 0 Å². The number of nitrogens with one attached hydrogen (secondary N) is 1. The number of rotatable bonds is 3. The summed E-state index contributed by atoms with van der Waals surface area (Å²) in [6.45, 7) is 3.71. The second kappa shape index (κ2) is 5.72. The highest BCUT2D eigenvalue weighted by Gasteiger charge is 2.13. The van der Waals surface area contributed by atoms with E-state index >= 15 is 0 Å². The van der Waals surface area contributed by atoms with Gasteiger partial charge in [-0.25, -0.2) is 9.78 Å². The van der Waals surface area contributed by atoms with Gasteiger partial charge in [-0.15, -0.1) is 0 Å². The predicted octanol–water partition coefficient (Wildman–Crippen LogP) is 2.24. The molecular weight excluding hydrogens is 294 g/mol. The number of para-hydroxylation sites is 1. The lowest BCUT2D eigenvalue weighted by Gasteiger charge is -2.07. The van der Waals surface area contributed by atoms with Crippen LogP contribution in [0, 0.1) is 13.8 Å². The zero-order valence-corrected chi connectivity index (χ0v) is 13.2. The summed E-state index contributed by atoms with van der Waals surface area (Å²) in [5, 5.41) is 0.526. The number of carbonyl (C=O) groups is 1. The highest BCUT2D eigenvalue weighted by atomic mass is 16.5. The number of hydrogen-bond acceptors (Lipinski definition) is 4. The van der Waals surface area contributed by atoms with Crippen LogP contribution in [-0.2, 0) is 18.4 Å². The zero-order valence-electron chi connectivity index (χ0n) is 13.2. The Hall–Kier alpha value is -2.89. The average Bonchev–Trinajstić information content (AvgIpc) is 2.86. The van der Waals surface area contributed by atoms with Crippen molar-refractivity contribution in [3.05, 3.63) is 63.5 Å². The second-order valence-electron chi connectivity index (χ2n) is 5.48. The van der Waals surface area contributed by atoms with E-state index in [1.807, 2.05) is 32.0 Å². The van der Waals surface area contributed by atoms with E-state index in [1.54, 1.807) is 23.7 Å². The Bertz CT molecular complexity index is 953. The van der Waals surface area contributed by atoms with Crippen molar-refractivity contribution < 1.29 is 9.53 Å². The molecule has 118 valence electrons. The summed E-state index contributed by atoms with van der Waals surface area (Å²) in [5.74, 6) is -0.121. The predicted molar refractivity (Wildman–Crippen MR) is 86.4 cm³/mol. The summed E-state index contributed by atoms with van der Waals surface area (Å²) in [6, 6.07) is 8.97. The Morgan fingerprint density at radius 3 is 2.74 bits per heavy atom. The summed E-state index contributed by atoms with van der Waals surface area (Å²) < 4.78 is 7.01. The Morgan fingerprint density at radius 2 is 2.04 bits per heavy atom. The summed E-state index contributed by atoms with van der Waals surface area (Å²) in [5.41, 5.74) is 2.71. The fourth-order valence-electron chi connectivity index (χ4n) is 2.45. The van der Waals surface area contributed by atoms with Gasteiger partial charge in [-0.2, -0.15) is 0 Å². The van der Waals surface area contributed by atoms with Gasteiger partial charge in [-0.05, 0) is 37.6 Å². The van der Waals surface area contributed by atoms with Crippen molar-refractivity contribution in [2.75, 3.05) is 0 Å². The maximum atomic E-state index is 12.1. The number of nitrogens with zero attached hydrogens (tertiary/aromatic N) is 2. The number of esters is 1. The lowest BCUT2D eigenvalue weighted by atomic mass is 10.1. The van der Waals surface area contributed by atoms with E-state index in [9.17, 15) is 9.59 Å². The molecule has 0 saturated heterocycles. The molecule has 2 heterocycles. The van der Waals surface area contributed by atoms with Gasteiger partial charge in [0.2, 0.25) is 0 Å². The minimum atomic E-state index is -0.451. The van der Waals surface area contributed by atoms with Gasteiger partial charge >= 0.3 is 5.97 Å². The van der Waals surface area contributed by atoms with E-state index in [-0.39, 0.29) is 12.2 Å². The lowest BCUT2D eigenvalue weighted by Crippen LogP contribution is -2.16. The van der Waals surface area contributed by atoms with Crippen molar-refractivity contribution in [2.24, 2.45) is 7.05 Å². The van der Waals surface area contributed by atoms with Crippen LogP contribution in [0.3, 0.4) is 0 Å². The highest BCUT2D eigenvalue weighted by Crippen LogP contribution is 2.13. The van der Waals surface area contributed by atoms with Crippen LogP contribution in [0.1, 0.15) is 27.6 Å². The molecule has 0 aliphatic heterocycles. The number of benzene rings is 1. The van der Waals surface area contributed by atoms with Crippen LogP contribution in [0.15, 0.2) is 35.1 Å². The molecule has 0 bridgehead atoms. The fraction of sp³-hybridized carbons (Fsp3) is 0.235. The standard InChI is InChI=1S/C17H17N3O3/c1-10-5-4-6-12-15(10)18-14(19-16(12)21)9-23-17(22)13-8-7-11(2)20(13)3/h4-8H,9H2,1-3H3,(H,18,19,21). The number of ether oxygens (including phenoxy) is 1. The molecule has 6 nitrogen and oxygen atoms in total. The average molecular weight is 311 g/mol. The van der Waals surface area contributed by atoms with Crippen LogP contribution in [0.25, 0.3) is 10.9 Å².